The minimum absolute atomic E-state index is 0. The molecule has 96 heavy (non-hydrogen) atoms. The fourth-order valence-electron chi connectivity index (χ4n) is 12.4. The summed E-state index contributed by atoms with van der Waals surface area (Å²) >= 11 is 0. The maximum Gasteiger partial charge on any atom is 0.268 e. The smallest absolute Gasteiger partial charge is 0.268 e. The Bertz CT molecular complexity index is 6160. The van der Waals surface area contributed by atoms with Gasteiger partial charge < -0.3 is 13.9 Å². The molecule has 7 heteroatoms. The number of aromatic nitrogens is 4. The summed E-state index contributed by atoms with van der Waals surface area (Å²) in [6, 6.07) is 31.0. The van der Waals surface area contributed by atoms with Crippen molar-refractivity contribution >= 4 is 61.7 Å². The summed E-state index contributed by atoms with van der Waals surface area (Å²) in [5.74, 6) is 0.261. The first kappa shape index (κ1) is 42.9. The first-order valence-corrected chi connectivity index (χ1v) is 33.4. The molecule has 480 valence electrons. The van der Waals surface area contributed by atoms with Gasteiger partial charge in [0, 0.05) is 54.0 Å². The van der Waals surface area contributed by atoms with Gasteiger partial charge in [-0.05, 0) is 128 Å². The van der Waals surface area contributed by atoms with Gasteiger partial charge in [0.05, 0.1) is 44.1 Å². The number of nitrogens with zero attached hydrogens (tertiary/aromatic N) is 4. The van der Waals surface area contributed by atoms with Crippen molar-refractivity contribution in [1.82, 2.24) is 14.1 Å². The summed E-state index contributed by atoms with van der Waals surface area (Å²) in [7, 11) is -5.77. The van der Waals surface area contributed by atoms with Crippen molar-refractivity contribution in [2.24, 2.45) is 0 Å². The van der Waals surface area contributed by atoms with Gasteiger partial charge in [-0.25, -0.2) is 4.98 Å². The molecule has 14 rings (SSSR count). The van der Waals surface area contributed by atoms with Gasteiger partial charge in [-0.2, -0.15) is 18.2 Å². The molecule has 3 heterocycles. The predicted octanol–water partition coefficient (Wildman–Crippen LogP) is 19.5. The van der Waals surface area contributed by atoms with E-state index in [1.165, 1.54) is 18.3 Å². The van der Waals surface area contributed by atoms with Crippen molar-refractivity contribution in [3.05, 3.63) is 307 Å². The number of pyridine rings is 1. The van der Waals surface area contributed by atoms with Crippen LogP contribution in [0.1, 0.15) is 142 Å². The third-order valence-electron chi connectivity index (χ3n) is 17.6. The monoisotopic (exact) mass is 1470 g/mol. The molecule has 0 atom stereocenters. The number of aryl methyl sites for hydroxylation is 1. The average molecular weight is 1470 g/mol. The van der Waals surface area contributed by atoms with Crippen molar-refractivity contribution < 1.29 is 61.9 Å². The van der Waals surface area contributed by atoms with Gasteiger partial charge in [-0.15, -0.1) is 29.7 Å². The van der Waals surface area contributed by atoms with Crippen LogP contribution in [0.2, 0.25) is 0 Å². The van der Waals surface area contributed by atoms with E-state index in [0.717, 1.165) is 44.5 Å². The van der Waals surface area contributed by atoms with Gasteiger partial charge in [0.15, 0.2) is 8.07 Å². The van der Waals surface area contributed by atoms with Crippen molar-refractivity contribution in [1.29, 1.82) is 0 Å². The van der Waals surface area contributed by atoms with Gasteiger partial charge in [-0.1, -0.05) is 300 Å². The molecule has 5 nitrogen and oxygen atoms in total. The van der Waals surface area contributed by atoms with Crippen molar-refractivity contribution in [3.8, 4) is 62.1 Å². The average Bonchev–Trinajstić information content (AvgIpc) is 1.26. The number of imidazole rings is 1. The normalized spacial score (nSPS) is 15.9. The molecular formula is C89H82N4OPtSi-2. The van der Waals surface area contributed by atoms with Gasteiger partial charge in [0.2, 0.25) is 0 Å². The molecule has 0 aliphatic carbocycles. The largest absolute Gasteiger partial charge is 0.510 e. The first-order chi connectivity index (χ1) is 55.0. The van der Waals surface area contributed by atoms with Crippen LogP contribution in [0.5, 0.6) is 11.5 Å². The van der Waals surface area contributed by atoms with Gasteiger partial charge in [-0.3, -0.25) is 4.57 Å². The van der Waals surface area contributed by atoms with E-state index < -0.39 is 151 Å². The molecule has 0 saturated carbocycles. The Morgan fingerprint density at radius 1 is 0.458 bits per heavy atom. The maximum absolute atomic E-state index is 10.0. The third-order valence-corrected chi connectivity index (χ3v) is 21.8. The zero-order valence-electron chi connectivity index (χ0n) is 78.3. The number of hydrogen-bond donors (Lipinski definition) is 0. The topological polar surface area (TPSA) is 35.9 Å². The number of para-hydroxylation sites is 2. The van der Waals surface area contributed by atoms with E-state index in [1.54, 1.807) is 63.7 Å². The molecule has 0 spiro atoms. The van der Waals surface area contributed by atoms with Crippen molar-refractivity contribution in [3.63, 3.8) is 0 Å². The molecule has 0 aliphatic rings. The number of fused-ring (bicyclic) bond motifs is 4. The minimum atomic E-state index is -5.77. The zero-order valence-corrected chi connectivity index (χ0v) is 58.6. The number of rotatable bonds is 12. The second-order valence-corrected chi connectivity index (χ2v) is 31.6. The third kappa shape index (κ3) is 12.1. The Balaban J connectivity index is 0.0000123. The van der Waals surface area contributed by atoms with Gasteiger partial charge in [0.1, 0.15) is 5.82 Å². The van der Waals surface area contributed by atoms with E-state index in [4.69, 9.17) is 24.8 Å². The number of hydrogen-bond acceptors (Lipinski definition) is 2. The molecule has 0 fully saturated rings. The fourth-order valence-corrected chi connectivity index (χ4v) is 16.2. The Morgan fingerprint density at radius 3 is 1.50 bits per heavy atom. The SMILES string of the molecule is [2H]c1c([2H])c([2H])c(-c2cnc(-n3c4[c-]c(Oc5[c-]c(-n6[c-][n+](-c7c(-c8cc(C(C)(C)C)cc(C(C)(C)C)c8)cccc7-c7cc(C(C)(C)C)cc(C(C)(C)C)c7)c7ccc([Si](c8c([2H])c([2H])c([2H])c([2H])c8[2H])(c8c([2H])c([2H])c([2H])c([2H])c8[2H])c8c([2H])c([2H])c([2H])c([2H])c8[2H])cc76)ccc5)ccc4c4ccccc43)cc2C([2H])([2H])[2H])c([2H])c1[2H].[Pt]. The van der Waals surface area contributed by atoms with E-state index in [-0.39, 0.29) is 93.1 Å². The Morgan fingerprint density at radius 2 is 0.969 bits per heavy atom. The van der Waals surface area contributed by atoms with E-state index in [0.29, 0.717) is 33.0 Å². The molecule has 0 amide bonds. The van der Waals surface area contributed by atoms with Crippen LogP contribution in [-0.2, 0) is 42.7 Å². The molecule has 0 N–H and O–H groups in total. The molecular weight excluding hydrogens is 1360 g/mol. The molecule has 0 unspecified atom stereocenters. The molecule has 0 radical (unpaired) electrons. The number of ether oxygens (including phenoxy) is 1. The summed E-state index contributed by atoms with van der Waals surface area (Å²) in [6.07, 6.45) is 4.93. The standard InChI is InChI=1S/C89H82N4OSi.Pt/c1-60-48-84(90-58-79(60)61-30-18-14-19-31-61)93-80-43-27-26-40-77(80)78-46-44-70(56-82(78)93)94-69-33-28-32-68(55-69)91-59-92(81-47-45-74(57-83(81)91)95(71-34-20-15-21-35-71,72-36-22-16-23-37-72)73-38-24-17-25-39-73)85-75(62-49-64(86(2,3)4)53-65(50-62)87(5,6)7)41-29-42-76(85)63-51-66(88(8,9)10)54-67(52-63)89(11,12)13;/h14-54,57-58H,1-13H3;/q-2;/i1D3,14D,15D,16D,17D,18D,19D,20D,21D,22D,23D,24D,25D,30D,31D,34D,35D,36D,37D,38D,39D;. The van der Waals surface area contributed by atoms with Crippen LogP contribution in [0, 0.1) is 25.3 Å². The van der Waals surface area contributed by atoms with E-state index >= 15 is 0 Å². The first-order valence-electron chi connectivity index (χ1n) is 42.9. The van der Waals surface area contributed by atoms with Crippen LogP contribution < -0.4 is 30.1 Å². The maximum atomic E-state index is 10.0. The second-order valence-electron chi connectivity index (χ2n) is 28.1. The van der Waals surface area contributed by atoms with Crippen molar-refractivity contribution in [2.75, 3.05) is 0 Å². The molecule has 0 saturated heterocycles. The van der Waals surface area contributed by atoms with Crippen molar-refractivity contribution in [2.45, 2.75) is 112 Å². The van der Waals surface area contributed by atoms with Crippen LogP contribution in [0.25, 0.3) is 83.4 Å². The minimum Gasteiger partial charge on any atom is -0.510 e. The summed E-state index contributed by atoms with van der Waals surface area (Å²) in [5, 5.41) is -0.833. The van der Waals surface area contributed by atoms with Crippen LogP contribution in [-0.4, -0.2) is 22.2 Å². The van der Waals surface area contributed by atoms with Gasteiger partial charge >= 0.3 is 0 Å². The van der Waals surface area contributed by atoms with Crippen LogP contribution in [0.15, 0.2) is 261 Å². The number of benzene rings is 11. The summed E-state index contributed by atoms with van der Waals surface area (Å²) < 4.78 is 224. The van der Waals surface area contributed by atoms with Crippen LogP contribution in [0.3, 0.4) is 0 Å². The molecule has 0 aliphatic heterocycles. The summed E-state index contributed by atoms with van der Waals surface area (Å²) in [6.45, 7) is 22.9. The fraction of sp³-hybridized carbons (Fsp3) is 0.191. The van der Waals surface area contributed by atoms with Crippen LogP contribution >= 0.6 is 0 Å². The second kappa shape index (κ2) is 25.3. The molecule has 11 aromatic carbocycles. The quantitative estimate of drug-likeness (QED) is 0.0529. The van der Waals surface area contributed by atoms with E-state index in [9.17, 15) is 16.4 Å². The predicted molar refractivity (Wildman–Crippen MR) is 399 cm³/mol. The zero-order chi connectivity index (χ0) is 86.1. The van der Waals surface area contributed by atoms with E-state index in [1.807, 2.05) is 34.9 Å². The Labute approximate surface area is 615 Å². The molecule has 0 bridgehead atoms. The van der Waals surface area contributed by atoms with Gasteiger partial charge in [0.25, 0.3) is 6.33 Å². The summed E-state index contributed by atoms with van der Waals surface area (Å²) in [5.41, 5.74) is 7.15. The van der Waals surface area contributed by atoms with E-state index in [2.05, 4.69) is 138 Å². The molecule has 3 aromatic heterocycles. The summed E-state index contributed by atoms with van der Waals surface area (Å²) in [4.78, 5) is 4.75. The Kier molecular flexibility index (Phi) is 11.3. The molecule has 14 aromatic rings. The van der Waals surface area contributed by atoms with Crippen LogP contribution in [0.4, 0.5) is 0 Å². The Hall–Kier alpha value is -9.45.